The molecular formula is C2H5LiNO. The predicted octanol–water partition coefficient (Wildman–Crippen LogP) is -0.889. The standard InChI is InChI=1S/C2H5NO.Li/c1-2(3)4;/h1H3,(H2,3,4);. The van der Waals surface area contributed by atoms with E-state index in [0.29, 0.717) is 0 Å². The SMILES string of the molecule is CC(N)=O.[Li]. The van der Waals surface area contributed by atoms with Crippen LogP contribution in [0.4, 0.5) is 0 Å². The van der Waals surface area contributed by atoms with E-state index in [2.05, 4.69) is 5.73 Å². The molecule has 5 heavy (non-hydrogen) atoms. The maximum atomic E-state index is 9.22. The van der Waals surface area contributed by atoms with E-state index < -0.39 is 0 Å². The van der Waals surface area contributed by atoms with E-state index in [-0.39, 0.29) is 24.8 Å². The van der Waals surface area contributed by atoms with Gasteiger partial charge in [0.2, 0.25) is 5.91 Å². The van der Waals surface area contributed by atoms with E-state index in [4.69, 9.17) is 0 Å². The van der Waals surface area contributed by atoms with Gasteiger partial charge in [0, 0.05) is 25.8 Å². The molecule has 0 fully saturated rings. The van der Waals surface area contributed by atoms with Gasteiger partial charge in [-0.2, -0.15) is 0 Å². The van der Waals surface area contributed by atoms with Gasteiger partial charge in [0.25, 0.3) is 0 Å². The first kappa shape index (κ1) is 8.91. The van der Waals surface area contributed by atoms with E-state index in [9.17, 15) is 4.79 Å². The van der Waals surface area contributed by atoms with Crippen LogP contribution in [0.25, 0.3) is 0 Å². The van der Waals surface area contributed by atoms with Crippen LogP contribution in [0.1, 0.15) is 6.92 Å². The molecule has 0 unspecified atom stereocenters. The van der Waals surface area contributed by atoms with Gasteiger partial charge < -0.3 is 5.73 Å². The second-order valence-electron chi connectivity index (χ2n) is 0.611. The summed E-state index contributed by atoms with van der Waals surface area (Å²) < 4.78 is 0. The minimum absolute atomic E-state index is 0. The summed E-state index contributed by atoms with van der Waals surface area (Å²) in [6.45, 7) is 1.31. The molecule has 0 aromatic heterocycles. The summed E-state index contributed by atoms with van der Waals surface area (Å²) in [6.07, 6.45) is 0. The molecule has 0 heterocycles. The Labute approximate surface area is 42.9 Å². The van der Waals surface area contributed by atoms with Crippen LogP contribution in [0.3, 0.4) is 0 Å². The van der Waals surface area contributed by atoms with Crippen molar-refractivity contribution in [1.82, 2.24) is 0 Å². The maximum Gasteiger partial charge on any atom is 0.214 e. The Hall–Kier alpha value is 0.0674. The van der Waals surface area contributed by atoms with Crippen LogP contribution in [-0.2, 0) is 4.79 Å². The van der Waals surface area contributed by atoms with Crippen LogP contribution >= 0.6 is 0 Å². The number of nitrogens with two attached hydrogens (primary N) is 1. The topological polar surface area (TPSA) is 43.1 Å². The number of hydrogen-bond donors (Lipinski definition) is 1. The largest absolute Gasteiger partial charge is 0.370 e. The fourth-order valence-electron chi connectivity index (χ4n) is 0. The number of hydrogen-bond acceptors (Lipinski definition) is 1. The van der Waals surface area contributed by atoms with E-state index in [1.54, 1.807) is 0 Å². The average Bonchev–Trinajstić information content (AvgIpc) is 0.811. The van der Waals surface area contributed by atoms with Gasteiger partial charge >= 0.3 is 0 Å². The molecule has 1 radical (unpaired) electrons. The minimum Gasteiger partial charge on any atom is -0.370 e. The molecule has 3 heteroatoms. The normalized spacial score (nSPS) is 5.00. The fraction of sp³-hybridized carbons (Fsp3) is 0.500. The van der Waals surface area contributed by atoms with E-state index in [1.165, 1.54) is 6.92 Å². The predicted molar refractivity (Wildman–Crippen MR) is 20.6 cm³/mol. The first-order valence-corrected chi connectivity index (χ1v) is 0.993. The summed E-state index contributed by atoms with van der Waals surface area (Å²) in [5.41, 5.74) is 4.47. The second kappa shape index (κ2) is 4.07. The molecule has 0 aliphatic rings. The van der Waals surface area contributed by atoms with Crippen LogP contribution in [0, 0.1) is 0 Å². The summed E-state index contributed by atoms with van der Waals surface area (Å²) >= 11 is 0. The first-order chi connectivity index (χ1) is 1.73. The summed E-state index contributed by atoms with van der Waals surface area (Å²) in [7, 11) is 0. The Kier molecular flexibility index (Phi) is 7.25. The summed E-state index contributed by atoms with van der Waals surface area (Å²) in [5.74, 6) is -0.333. The van der Waals surface area contributed by atoms with E-state index in [1.807, 2.05) is 0 Å². The van der Waals surface area contributed by atoms with Crippen LogP contribution in [0.15, 0.2) is 0 Å². The molecule has 0 saturated carbocycles. The molecular weight excluding hydrogens is 61.0 g/mol. The Balaban J connectivity index is 0. The van der Waals surface area contributed by atoms with Crippen LogP contribution < -0.4 is 5.73 Å². The van der Waals surface area contributed by atoms with Gasteiger partial charge in [0.1, 0.15) is 0 Å². The first-order valence-electron chi connectivity index (χ1n) is 0.993. The molecule has 0 spiro atoms. The molecule has 0 saturated heterocycles. The van der Waals surface area contributed by atoms with Crippen molar-refractivity contribution in [3.8, 4) is 0 Å². The number of carbonyl (C=O) groups is 1. The Morgan fingerprint density at radius 1 is 1.80 bits per heavy atom. The summed E-state index contributed by atoms with van der Waals surface area (Å²) in [6, 6.07) is 0. The third kappa shape index (κ3) is 3830. The molecule has 1 amide bonds. The van der Waals surface area contributed by atoms with Crippen LogP contribution in [0.5, 0.6) is 0 Å². The van der Waals surface area contributed by atoms with Crippen molar-refractivity contribution in [2.45, 2.75) is 6.92 Å². The van der Waals surface area contributed by atoms with Crippen molar-refractivity contribution < 1.29 is 4.79 Å². The van der Waals surface area contributed by atoms with Gasteiger partial charge in [-0.15, -0.1) is 0 Å². The monoisotopic (exact) mass is 66.1 g/mol. The van der Waals surface area contributed by atoms with Crippen molar-refractivity contribution in [2.24, 2.45) is 5.73 Å². The Morgan fingerprint density at radius 3 is 1.80 bits per heavy atom. The zero-order chi connectivity index (χ0) is 3.58. The van der Waals surface area contributed by atoms with Gasteiger partial charge in [-0.3, -0.25) is 4.79 Å². The van der Waals surface area contributed by atoms with Crippen LogP contribution in [-0.4, -0.2) is 24.8 Å². The zero-order valence-electron chi connectivity index (χ0n) is 3.49. The molecule has 0 aromatic carbocycles. The molecule has 2 N–H and O–H groups in total. The molecule has 0 aliphatic carbocycles. The molecule has 2 nitrogen and oxygen atoms in total. The van der Waals surface area contributed by atoms with Crippen molar-refractivity contribution in [3.05, 3.63) is 0 Å². The molecule has 0 aromatic rings. The zero-order valence-corrected chi connectivity index (χ0v) is 3.49. The van der Waals surface area contributed by atoms with Crippen molar-refractivity contribution >= 4 is 24.8 Å². The smallest absolute Gasteiger partial charge is 0.214 e. The fourth-order valence-corrected chi connectivity index (χ4v) is 0. The Morgan fingerprint density at radius 2 is 1.80 bits per heavy atom. The average molecular weight is 66.0 g/mol. The van der Waals surface area contributed by atoms with Gasteiger partial charge in [-0.1, -0.05) is 0 Å². The number of amides is 1. The van der Waals surface area contributed by atoms with E-state index in [0.717, 1.165) is 0 Å². The second-order valence-corrected chi connectivity index (χ2v) is 0.611. The maximum absolute atomic E-state index is 9.22. The minimum atomic E-state index is -0.333. The van der Waals surface area contributed by atoms with Crippen molar-refractivity contribution in [3.63, 3.8) is 0 Å². The van der Waals surface area contributed by atoms with Gasteiger partial charge in [0.05, 0.1) is 0 Å². The molecule has 0 aliphatic heterocycles. The third-order valence-electron chi connectivity index (χ3n) is 0. The molecule has 0 atom stereocenters. The van der Waals surface area contributed by atoms with Gasteiger partial charge in [-0.05, 0) is 0 Å². The quantitative estimate of drug-likeness (QED) is 0.366. The molecule has 0 rings (SSSR count). The summed E-state index contributed by atoms with van der Waals surface area (Å²) in [4.78, 5) is 9.22. The van der Waals surface area contributed by atoms with Crippen molar-refractivity contribution in [1.29, 1.82) is 0 Å². The molecule has 0 bridgehead atoms. The van der Waals surface area contributed by atoms with Gasteiger partial charge in [-0.25, -0.2) is 0 Å². The van der Waals surface area contributed by atoms with Crippen molar-refractivity contribution in [2.75, 3.05) is 0 Å². The number of rotatable bonds is 0. The third-order valence-corrected chi connectivity index (χ3v) is 0. The van der Waals surface area contributed by atoms with Gasteiger partial charge in [0.15, 0.2) is 0 Å². The number of primary amides is 1. The number of carbonyl (C=O) groups excluding carboxylic acids is 1. The Bertz CT molecular complexity index is 32.6. The van der Waals surface area contributed by atoms with Crippen LogP contribution in [0.2, 0.25) is 0 Å². The summed E-state index contributed by atoms with van der Waals surface area (Å²) in [5, 5.41) is 0. The molecule has 25 valence electrons. The van der Waals surface area contributed by atoms with E-state index >= 15 is 0 Å².